The van der Waals surface area contributed by atoms with Gasteiger partial charge >= 0.3 is 0 Å². The second-order valence-corrected chi connectivity index (χ2v) is 7.21. The summed E-state index contributed by atoms with van der Waals surface area (Å²) in [5, 5.41) is 9.09. The quantitative estimate of drug-likeness (QED) is 0.848. The third kappa shape index (κ3) is 3.26. The van der Waals surface area contributed by atoms with Crippen molar-refractivity contribution in [2.45, 2.75) is 31.2 Å². The van der Waals surface area contributed by atoms with E-state index in [0.29, 0.717) is 19.1 Å². The van der Waals surface area contributed by atoms with E-state index < -0.39 is 10.0 Å². The minimum Gasteiger partial charge on any atom is -0.298 e. The van der Waals surface area contributed by atoms with Gasteiger partial charge in [-0.15, -0.1) is 0 Å². The van der Waals surface area contributed by atoms with Crippen LogP contribution in [0.4, 0.5) is 0 Å². The normalized spacial score (nSPS) is 19.1. The monoisotopic (exact) mass is 307 g/mol. The van der Waals surface area contributed by atoms with Gasteiger partial charge in [-0.25, -0.2) is 8.42 Å². The zero-order chi connectivity index (χ0) is 15.5. The van der Waals surface area contributed by atoms with Crippen molar-refractivity contribution in [2.24, 2.45) is 0 Å². The molecular formula is C15H21N3O2S. The number of sulfonamides is 1. The van der Waals surface area contributed by atoms with Crippen molar-refractivity contribution in [1.82, 2.24) is 9.21 Å². The third-order valence-electron chi connectivity index (χ3n) is 4.11. The van der Waals surface area contributed by atoms with Crippen LogP contribution in [0.2, 0.25) is 0 Å². The predicted molar refractivity (Wildman–Crippen MR) is 81.2 cm³/mol. The van der Waals surface area contributed by atoms with E-state index in [1.807, 2.05) is 6.07 Å². The van der Waals surface area contributed by atoms with Gasteiger partial charge in [-0.1, -0.05) is 19.1 Å². The fraction of sp³-hybridized carbons (Fsp3) is 0.533. The molecule has 114 valence electrons. The SMILES string of the molecule is CCC(C)N1CCN(S(=O)(=O)c2ccccc2C#N)CC1. The molecule has 0 aliphatic carbocycles. The highest BCUT2D eigenvalue weighted by Gasteiger charge is 2.30. The van der Waals surface area contributed by atoms with E-state index in [-0.39, 0.29) is 10.5 Å². The van der Waals surface area contributed by atoms with Crippen LogP contribution in [-0.2, 0) is 10.0 Å². The topological polar surface area (TPSA) is 64.4 Å². The van der Waals surface area contributed by atoms with E-state index in [4.69, 9.17) is 5.26 Å². The molecule has 1 atom stereocenters. The first-order chi connectivity index (χ1) is 10.0. The number of piperazine rings is 1. The third-order valence-corrected chi connectivity index (χ3v) is 6.07. The first-order valence-corrected chi connectivity index (χ1v) is 8.68. The van der Waals surface area contributed by atoms with Gasteiger partial charge in [-0.3, -0.25) is 4.90 Å². The molecule has 1 saturated heterocycles. The fourth-order valence-electron chi connectivity index (χ4n) is 2.57. The van der Waals surface area contributed by atoms with E-state index >= 15 is 0 Å². The summed E-state index contributed by atoms with van der Waals surface area (Å²) in [7, 11) is -3.58. The van der Waals surface area contributed by atoms with Gasteiger partial charge in [0.05, 0.1) is 10.5 Å². The molecule has 0 saturated carbocycles. The van der Waals surface area contributed by atoms with Gasteiger partial charge in [-0.05, 0) is 25.5 Å². The molecule has 0 spiro atoms. The second-order valence-electron chi connectivity index (χ2n) is 5.31. The van der Waals surface area contributed by atoms with Crippen molar-refractivity contribution in [3.63, 3.8) is 0 Å². The lowest BCUT2D eigenvalue weighted by atomic mass is 10.2. The lowest BCUT2D eigenvalue weighted by Crippen LogP contribution is -2.51. The standard InChI is InChI=1S/C15H21N3O2S/c1-3-13(2)17-8-10-18(11-9-17)21(19,20)15-7-5-4-6-14(15)12-16/h4-7,13H,3,8-11H2,1-2H3. The average molecular weight is 307 g/mol. The fourth-order valence-corrected chi connectivity index (χ4v) is 4.13. The number of nitrogens with zero attached hydrogens (tertiary/aromatic N) is 3. The number of hydrogen-bond donors (Lipinski definition) is 0. The first-order valence-electron chi connectivity index (χ1n) is 7.24. The first kappa shape index (κ1) is 16.0. The highest BCUT2D eigenvalue weighted by Crippen LogP contribution is 2.21. The molecule has 0 bridgehead atoms. The molecule has 2 rings (SSSR count). The molecule has 1 aliphatic heterocycles. The van der Waals surface area contributed by atoms with Gasteiger partial charge in [0.1, 0.15) is 6.07 Å². The Morgan fingerprint density at radius 1 is 1.24 bits per heavy atom. The van der Waals surface area contributed by atoms with Gasteiger partial charge in [0.2, 0.25) is 10.0 Å². The van der Waals surface area contributed by atoms with Crippen molar-refractivity contribution in [1.29, 1.82) is 5.26 Å². The Hall–Kier alpha value is -1.42. The minimum absolute atomic E-state index is 0.115. The van der Waals surface area contributed by atoms with Gasteiger partial charge in [0.15, 0.2) is 0 Å². The summed E-state index contributed by atoms with van der Waals surface area (Å²) >= 11 is 0. The maximum Gasteiger partial charge on any atom is 0.244 e. The Morgan fingerprint density at radius 3 is 2.43 bits per heavy atom. The molecule has 5 nitrogen and oxygen atoms in total. The predicted octanol–water partition coefficient (Wildman–Crippen LogP) is 1.66. The Kier molecular flexibility index (Phi) is 4.99. The number of hydrogen-bond acceptors (Lipinski definition) is 4. The van der Waals surface area contributed by atoms with E-state index in [1.54, 1.807) is 18.2 Å². The summed E-state index contributed by atoms with van der Waals surface area (Å²) < 4.78 is 26.8. The van der Waals surface area contributed by atoms with Crippen molar-refractivity contribution >= 4 is 10.0 Å². The summed E-state index contributed by atoms with van der Waals surface area (Å²) in [6, 6.07) is 8.82. The van der Waals surface area contributed by atoms with Crippen LogP contribution < -0.4 is 0 Å². The largest absolute Gasteiger partial charge is 0.298 e. The zero-order valence-corrected chi connectivity index (χ0v) is 13.3. The molecule has 0 aromatic heterocycles. The van der Waals surface area contributed by atoms with Crippen LogP contribution in [0.1, 0.15) is 25.8 Å². The molecule has 1 unspecified atom stereocenters. The number of benzene rings is 1. The van der Waals surface area contributed by atoms with Crippen molar-refractivity contribution in [2.75, 3.05) is 26.2 Å². The molecular weight excluding hydrogens is 286 g/mol. The minimum atomic E-state index is -3.58. The van der Waals surface area contributed by atoms with Crippen LogP contribution in [0.5, 0.6) is 0 Å². The molecule has 6 heteroatoms. The summed E-state index contributed by atoms with van der Waals surface area (Å²) in [5.74, 6) is 0. The Morgan fingerprint density at radius 2 is 1.86 bits per heavy atom. The van der Waals surface area contributed by atoms with Gasteiger partial charge in [0, 0.05) is 32.2 Å². The van der Waals surface area contributed by atoms with E-state index in [0.717, 1.165) is 19.5 Å². The molecule has 1 heterocycles. The van der Waals surface area contributed by atoms with Crippen LogP contribution in [0.15, 0.2) is 29.2 Å². The van der Waals surface area contributed by atoms with Crippen LogP contribution >= 0.6 is 0 Å². The van der Waals surface area contributed by atoms with Crippen molar-refractivity contribution < 1.29 is 8.42 Å². The molecule has 0 radical (unpaired) electrons. The summed E-state index contributed by atoms with van der Waals surface area (Å²) in [4.78, 5) is 2.42. The maximum atomic E-state index is 12.7. The van der Waals surface area contributed by atoms with E-state index in [1.165, 1.54) is 10.4 Å². The van der Waals surface area contributed by atoms with Crippen LogP contribution in [-0.4, -0.2) is 49.8 Å². The highest BCUT2D eigenvalue weighted by molar-refractivity contribution is 7.89. The Balaban J connectivity index is 2.18. The lowest BCUT2D eigenvalue weighted by Gasteiger charge is -2.37. The summed E-state index contributed by atoms with van der Waals surface area (Å²) in [6.07, 6.45) is 1.06. The molecule has 0 N–H and O–H groups in total. The molecule has 21 heavy (non-hydrogen) atoms. The number of rotatable bonds is 4. The summed E-state index contributed by atoms with van der Waals surface area (Å²) in [6.45, 7) is 6.73. The van der Waals surface area contributed by atoms with Gasteiger partial charge < -0.3 is 0 Å². The molecule has 1 fully saturated rings. The summed E-state index contributed by atoms with van der Waals surface area (Å²) in [5.41, 5.74) is 0.210. The Bertz CT molecular complexity index is 629. The molecule has 1 aromatic rings. The van der Waals surface area contributed by atoms with Crippen LogP contribution in [0, 0.1) is 11.3 Å². The molecule has 0 amide bonds. The lowest BCUT2D eigenvalue weighted by molar-refractivity contribution is 0.142. The smallest absolute Gasteiger partial charge is 0.244 e. The van der Waals surface area contributed by atoms with Crippen LogP contribution in [0.25, 0.3) is 0 Å². The maximum absolute atomic E-state index is 12.7. The highest BCUT2D eigenvalue weighted by atomic mass is 32.2. The van der Waals surface area contributed by atoms with E-state index in [2.05, 4.69) is 18.7 Å². The van der Waals surface area contributed by atoms with E-state index in [9.17, 15) is 8.42 Å². The second kappa shape index (κ2) is 6.56. The van der Waals surface area contributed by atoms with Crippen molar-refractivity contribution in [3.8, 4) is 6.07 Å². The molecule has 1 aliphatic rings. The van der Waals surface area contributed by atoms with Gasteiger partial charge in [0.25, 0.3) is 0 Å². The van der Waals surface area contributed by atoms with Gasteiger partial charge in [-0.2, -0.15) is 9.57 Å². The Labute approximate surface area is 126 Å². The average Bonchev–Trinajstić information content (AvgIpc) is 2.54. The van der Waals surface area contributed by atoms with Crippen molar-refractivity contribution in [3.05, 3.63) is 29.8 Å². The molecule has 1 aromatic carbocycles. The zero-order valence-electron chi connectivity index (χ0n) is 12.5. The van der Waals surface area contributed by atoms with Crippen LogP contribution in [0.3, 0.4) is 0 Å². The number of nitriles is 1.